The van der Waals surface area contributed by atoms with E-state index in [1.165, 1.54) is 4.68 Å². The first-order valence-corrected chi connectivity index (χ1v) is 7.67. The number of halogens is 1. The Morgan fingerprint density at radius 3 is 2.95 bits per heavy atom. The van der Waals surface area contributed by atoms with E-state index in [1.54, 1.807) is 6.20 Å². The predicted molar refractivity (Wildman–Crippen MR) is 85.4 cm³/mol. The Bertz CT molecular complexity index is 575. The fourth-order valence-corrected chi connectivity index (χ4v) is 2.67. The molecule has 1 aromatic rings. The van der Waals surface area contributed by atoms with Gasteiger partial charge in [0, 0.05) is 25.7 Å². The molecule has 114 valence electrons. The van der Waals surface area contributed by atoms with Crippen LogP contribution in [-0.4, -0.2) is 53.6 Å². The Labute approximate surface area is 132 Å². The van der Waals surface area contributed by atoms with E-state index in [1.807, 2.05) is 0 Å². The highest BCUT2D eigenvalue weighted by atomic mass is 79.9. The van der Waals surface area contributed by atoms with E-state index < -0.39 is 0 Å². The summed E-state index contributed by atoms with van der Waals surface area (Å²) >= 11 is 3.32. The Morgan fingerprint density at radius 1 is 1.57 bits per heavy atom. The molecular weight excluding hydrogens is 336 g/mol. The maximum absolute atomic E-state index is 12.0. The van der Waals surface area contributed by atoms with Crippen molar-refractivity contribution in [1.82, 2.24) is 14.7 Å². The molecule has 1 atom stereocenters. The number of ether oxygens (including phenoxy) is 1. The van der Waals surface area contributed by atoms with Crippen LogP contribution in [-0.2, 0) is 11.3 Å². The smallest absolute Gasteiger partial charge is 0.284 e. The quantitative estimate of drug-likeness (QED) is 0.791. The van der Waals surface area contributed by atoms with Gasteiger partial charge in [-0.2, -0.15) is 5.10 Å². The van der Waals surface area contributed by atoms with E-state index in [-0.39, 0.29) is 18.1 Å². The fraction of sp³-hybridized carbons (Fsp3) is 0.571. The van der Waals surface area contributed by atoms with Gasteiger partial charge in [0.1, 0.15) is 11.0 Å². The van der Waals surface area contributed by atoms with Crippen molar-refractivity contribution >= 4 is 21.6 Å². The van der Waals surface area contributed by atoms with Gasteiger partial charge in [0.15, 0.2) is 0 Å². The van der Waals surface area contributed by atoms with Gasteiger partial charge in [0.2, 0.25) is 0 Å². The molecular formula is C14H19BrN4O2. The molecule has 1 aliphatic heterocycles. The van der Waals surface area contributed by atoms with Crippen molar-refractivity contribution in [1.29, 1.82) is 0 Å². The number of nitrogens with zero attached hydrogens (tertiary/aromatic N) is 3. The molecule has 0 aromatic carbocycles. The van der Waals surface area contributed by atoms with Crippen LogP contribution in [0.2, 0.25) is 0 Å². The average Bonchev–Trinajstić information content (AvgIpc) is 2.48. The lowest BCUT2D eigenvalue weighted by molar-refractivity contribution is 0.0368. The van der Waals surface area contributed by atoms with E-state index in [0.29, 0.717) is 10.2 Å². The van der Waals surface area contributed by atoms with Gasteiger partial charge in [0.25, 0.3) is 5.56 Å². The average molecular weight is 355 g/mol. The summed E-state index contributed by atoms with van der Waals surface area (Å²) in [5.74, 6) is 2.41. The van der Waals surface area contributed by atoms with Gasteiger partial charge in [-0.25, -0.2) is 4.68 Å². The number of hydrogen-bond donors (Lipinski definition) is 1. The molecule has 0 spiro atoms. The number of terminal acetylenes is 1. The summed E-state index contributed by atoms with van der Waals surface area (Å²) in [6.45, 7) is 6.57. The van der Waals surface area contributed by atoms with Crippen LogP contribution in [0.3, 0.4) is 0 Å². The Balaban J connectivity index is 2.00. The first-order chi connectivity index (χ1) is 10.1. The van der Waals surface area contributed by atoms with Gasteiger partial charge in [0.05, 0.1) is 25.1 Å². The Morgan fingerprint density at radius 2 is 2.29 bits per heavy atom. The van der Waals surface area contributed by atoms with E-state index >= 15 is 0 Å². The number of hydrogen-bond acceptors (Lipinski definition) is 5. The number of morpholine rings is 1. The van der Waals surface area contributed by atoms with Crippen LogP contribution < -0.4 is 10.9 Å². The summed E-state index contributed by atoms with van der Waals surface area (Å²) < 4.78 is 7.04. The van der Waals surface area contributed by atoms with Gasteiger partial charge in [-0.05, 0) is 22.9 Å². The van der Waals surface area contributed by atoms with Gasteiger partial charge >= 0.3 is 0 Å². The van der Waals surface area contributed by atoms with Crippen LogP contribution in [0.25, 0.3) is 0 Å². The van der Waals surface area contributed by atoms with E-state index in [4.69, 9.17) is 11.2 Å². The Kier molecular flexibility index (Phi) is 5.79. The van der Waals surface area contributed by atoms with Crippen LogP contribution in [0.5, 0.6) is 0 Å². The SMILES string of the molecule is C#CCn1ncc(NC(C)CN2CCOCC2)c(Br)c1=O. The molecule has 2 heterocycles. The lowest BCUT2D eigenvalue weighted by Crippen LogP contribution is -2.42. The third kappa shape index (κ3) is 4.30. The highest BCUT2D eigenvalue weighted by molar-refractivity contribution is 9.10. The lowest BCUT2D eigenvalue weighted by Gasteiger charge is -2.29. The van der Waals surface area contributed by atoms with Gasteiger partial charge in [-0.15, -0.1) is 6.42 Å². The molecule has 21 heavy (non-hydrogen) atoms. The molecule has 0 aliphatic carbocycles. The third-order valence-corrected chi connectivity index (χ3v) is 4.03. The van der Waals surface area contributed by atoms with E-state index in [2.05, 4.69) is 44.1 Å². The normalized spacial score (nSPS) is 17.2. The molecule has 0 radical (unpaired) electrons. The van der Waals surface area contributed by atoms with Crippen LogP contribution >= 0.6 is 15.9 Å². The lowest BCUT2D eigenvalue weighted by atomic mass is 10.2. The third-order valence-electron chi connectivity index (χ3n) is 3.26. The van der Waals surface area contributed by atoms with Crippen LogP contribution in [0, 0.1) is 12.3 Å². The van der Waals surface area contributed by atoms with Crippen molar-refractivity contribution in [2.24, 2.45) is 0 Å². The summed E-state index contributed by atoms with van der Waals surface area (Å²) in [4.78, 5) is 14.4. The van der Waals surface area contributed by atoms with Crippen molar-refractivity contribution < 1.29 is 4.74 Å². The zero-order valence-electron chi connectivity index (χ0n) is 12.0. The number of rotatable bonds is 5. The zero-order chi connectivity index (χ0) is 15.2. The number of nitrogens with one attached hydrogen (secondary N) is 1. The highest BCUT2D eigenvalue weighted by Gasteiger charge is 2.15. The molecule has 1 N–H and O–H groups in total. The number of aromatic nitrogens is 2. The van der Waals surface area contributed by atoms with Crippen LogP contribution in [0.15, 0.2) is 15.5 Å². The molecule has 1 aliphatic rings. The molecule has 0 amide bonds. The zero-order valence-corrected chi connectivity index (χ0v) is 13.6. The second-order valence-electron chi connectivity index (χ2n) is 5.00. The summed E-state index contributed by atoms with van der Waals surface area (Å²) in [5, 5.41) is 7.37. The molecule has 7 heteroatoms. The molecule has 1 aromatic heterocycles. The van der Waals surface area contributed by atoms with Crippen LogP contribution in [0.1, 0.15) is 6.92 Å². The molecule has 0 saturated carbocycles. The number of anilines is 1. The van der Waals surface area contributed by atoms with Crippen molar-refractivity contribution in [2.45, 2.75) is 19.5 Å². The maximum Gasteiger partial charge on any atom is 0.284 e. The van der Waals surface area contributed by atoms with Gasteiger partial charge in [-0.3, -0.25) is 9.69 Å². The molecule has 1 fully saturated rings. The van der Waals surface area contributed by atoms with Crippen molar-refractivity contribution in [2.75, 3.05) is 38.2 Å². The molecule has 0 bridgehead atoms. The largest absolute Gasteiger partial charge is 0.379 e. The van der Waals surface area contributed by atoms with E-state index in [0.717, 1.165) is 32.8 Å². The van der Waals surface area contributed by atoms with Crippen molar-refractivity contribution in [3.63, 3.8) is 0 Å². The molecule has 6 nitrogen and oxygen atoms in total. The highest BCUT2D eigenvalue weighted by Crippen LogP contribution is 2.17. The molecule has 1 unspecified atom stereocenters. The standard InChI is InChI=1S/C14H19BrN4O2/c1-3-4-19-14(20)13(15)12(9-16-19)17-11(2)10-18-5-7-21-8-6-18/h1,9,11,17H,4-8,10H2,2H3. The minimum absolute atomic E-state index is 0.168. The summed E-state index contributed by atoms with van der Waals surface area (Å²) in [6, 6.07) is 0.198. The first-order valence-electron chi connectivity index (χ1n) is 6.87. The second kappa shape index (κ2) is 7.59. The minimum atomic E-state index is -0.225. The second-order valence-corrected chi connectivity index (χ2v) is 5.79. The topological polar surface area (TPSA) is 59.4 Å². The molecule has 1 saturated heterocycles. The maximum atomic E-state index is 12.0. The van der Waals surface area contributed by atoms with Crippen molar-refractivity contribution in [3.8, 4) is 12.3 Å². The van der Waals surface area contributed by atoms with Crippen LogP contribution in [0.4, 0.5) is 5.69 Å². The minimum Gasteiger partial charge on any atom is -0.379 e. The van der Waals surface area contributed by atoms with Crippen molar-refractivity contribution in [3.05, 3.63) is 21.0 Å². The first kappa shape index (κ1) is 16.0. The Hall–Kier alpha value is -1.36. The monoisotopic (exact) mass is 354 g/mol. The van der Waals surface area contributed by atoms with Gasteiger partial charge in [-0.1, -0.05) is 5.92 Å². The van der Waals surface area contributed by atoms with Gasteiger partial charge < -0.3 is 10.1 Å². The van der Waals surface area contributed by atoms with E-state index in [9.17, 15) is 4.79 Å². The summed E-state index contributed by atoms with van der Waals surface area (Å²) in [5.41, 5.74) is 0.463. The fourth-order valence-electron chi connectivity index (χ4n) is 2.25. The summed E-state index contributed by atoms with van der Waals surface area (Å²) in [6.07, 6.45) is 6.83. The summed E-state index contributed by atoms with van der Waals surface area (Å²) in [7, 11) is 0. The predicted octanol–water partition coefficient (Wildman–Crippen LogP) is 0.772. The molecule has 2 rings (SSSR count).